The van der Waals surface area contributed by atoms with Crippen molar-refractivity contribution in [3.05, 3.63) is 41.7 Å². The van der Waals surface area contributed by atoms with Crippen LogP contribution in [0.25, 0.3) is 11.0 Å². The van der Waals surface area contributed by atoms with Gasteiger partial charge in [-0.05, 0) is 37.5 Å². The quantitative estimate of drug-likeness (QED) is 0.726. The molecule has 0 aliphatic carbocycles. The van der Waals surface area contributed by atoms with E-state index in [2.05, 4.69) is 13.8 Å². The lowest BCUT2D eigenvalue weighted by atomic mass is 9.96. The topological polar surface area (TPSA) is 63.9 Å². The number of aryl methyl sites for hydroxylation is 1. The lowest BCUT2D eigenvalue weighted by Crippen LogP contribution is -2.38. The first-order valence-corrected chi connectivity index (χ1v) is 8.47. The Labute approximate surface area is 138 Å². The number of hydrogen-bond donors (Lipinski definition) is 0. The SMILES string of the molecule is Cn1cc(C2CCCCN2C(=O)c2ccc3nsnc3c2)cn1. The van der Waals surface area contributed by atoms with Gasteiger partial charge in [-0.15, -0.1) is 0 Å². The molecule has 0 bridgehead atoms. The monoisotopic (exact) mass is 327 g/mol. The van der Waals surface area contributed by atoms with Crippen LogP contribution in [-0.2, 0) is 7.05 Å². The molecule has 0 N–H and O–H groups in total. The molecule has 118 valence electrons. The smallest absolute Gasteiger partial charge is 0.254 e. The molecular formula is C16H17N5OS. The van der Waals surface area contributed by atoms with Crippen molar-refractivity contribution in [2.75, 3.05) is 6.54 Å². The maximum absolute atomic E-state index is 13.0. The van der Waals surface area contributed by atoms with Gasteiger partial charge in [-0.3, -0.25) is 9.48 Å². The predicted octanol–water partition coefficient (Wildman–Crippen LogP) is 2.79. The number of aromatic nitrogens is 4. The molecule has 1 saturated heterocycles. The van der Waals surface area contributed by atoms with Gasteiger partial charge in [-0.25, -0.2) is 0 Å². The summed E-state index contributed by atoms with van der Waals surface area (Å²) in [4.78, 5) is 15.0. The molecule has 0 radical (unpaired) electrons. The van der Waals surface area contributed by atoms with Gasteiger partial charge >= 0.3 is 0 Å². The highest BCUT2D eigenvalue weighted by Crippen LogP contribution is 2.32. The first-order chi connectivity index (χ1) is 11.2. The molecule has 3 heterocycles. The fourth-order valence-corrected chi connectivity index (χ4v) is 3.73. The van der Waals surface area contributed by atoms with Gasteiger partial charge in [-0.2, -0.15) is 13.8 Å². The Hall–Kier alpha value is -2.28. The van der Waals surface area contributed by atoms with Crippen LogP contribution >= 0.6 is 11.7 Å². The van der Waals surface area contributed by atoms with Crippen LogP contribution in [0, 0.1) is 0 Å². The molecule has 2 aromatic heterocycles. The van der Waals surface area contributed by atoms with Crippen LogP contribution < -0.4 is 0 Å². The molecule has 1 unspecified atom stereocenters. The van der Waals surface area contributed by atoms with E-state index in [-0.39, 0.29) is 11.9 Å². The van der Waals surface area contributed by atoms with Gasteiger partial charge in [0, 0.05) is 30.9 Å². The van der Waals surface area contributed by atoms with E-state index in [0.717, 1.165) is 42.4 Å². The number of nitrogens with zero attached hydrogens (tertiary/aromatic N) is 5. The molecular weight excluding hydrogens is 310 g/mol. The van der Waals surface area contributed by atoms with E-state index in [9.17, 15) is 4.79 Å². The van der Waals surface area contributed by atoms with E-state index in [1.165, 1.54) is 11.7 Å². The van der Waals surface area contributed by atoms with Gasteiger partial charge in [0.15, 0.2) is 0 Å². The van der Waals surface area contributed by atoms with Crippen molar-refractivity contribution < 1.29 is 4.79 Å². The molecule has 1 aromatic carbocycles. The minimum atomic E-state index is 0.0634. The van der Waals surface area contributed by atoms with Crippen molar-refractivity contribution in [3.63, 3.8) is 0 Å². The number of rotatable bonds is 2. The average Bonchev–Trinajstić information content (AvgIpc) is 3.22. The second-order valence-electron chi connectivity index (χ2n) is 5.93. The summed E-state index contributed by atoms with van der Waals surface area (Å²) in [5.74, 6) is 0.0634. The van der Waals surface area contributed by atoms with E-state index < -0.39 is 0 Å². The molecule has 3 aromatic rings. The van der Waals surface area contributed by atoms with Crippen LogP contribution in [0.2, 0.25) is 0 Å². The Bertz CT molecular complexity index is 855. The van der Waals surface area contributed by atoms with Crippen molar-refractivity contribution in [1.82, 2.24) is 23.4 Å². The lowest BCUT2D eigenvalue weighted by Gasteiger charge is -2.35. The number of amides is 1. The highest BCUT2D eigenvalue weighted by atomic mass is 32.1. The number of benzene rings is 1. The zero-order valence-corrected chi connectivity index (χ0v) is 13.7. The second-order valence-corrected chi connectivity index (χ2v) is 6.45. The van der Waals surface area contributed by atoms with Gasteiger partial charge < -0.3 is 4.90 Å². The largest absolute Gasteiger partial charge is 0.331 e. The van der Waals surface area contributed by atoms with Crippen molar-refractivity contribution >= 4 is 28.7 Å². The molecule has 1 amide bonds. The zero-order chi connectivity index (χ0) is 15.8. The van der Waals surface area contributed by atoms with Crippen LogP contribution in [0.3, 0.4) is 0 Å². The molecule has 1 aliphatic rings. The Kier molecular flexibility index (Phi) is 3.57. The van der Waals surface area contributed by atoms with Gasteiger partial charge in [0.25, 0.3) is 5.91 Å². The molecule has 4 rings (SSSR count). The summed E-state index contributed by atoms with van der Waals surface area (Å²) < 4.78 is 10.2. The Morgan fingerprint density at radius 1 is 1.26 bits per heavy atom. The summed E-state index contributed by atoms with van der Waals surface area (Å²) in [6.07, 6.45) is 7.03. The highest BCUT2D eigenvalue weighted by Gasteiger charge is 2.29. The molecule has 0 saturated carbocycles. The third-order valence-electron chi connectivity index (χ3n) is 4.37. The van der Waals surface area contributed by atoms with Crippen LogP contribution in [0.4, 0.5) is 0 Å². The van der Waals surface area contributed by atoms with E-state index in [4.69, 9.17) is 0 Å². The summed E-state index contributed by atoms with van der Waals surface area (Å²) in [5.41, 5.74) is 3.42. The molecule has 7 heteroatoms. The maximum atomic E-state index is 13.0. The summed E-state index contributed by atoms with van der Waals surface area (Å²) in [7, 11) is 1.90. The van der Waals surface area contributed by atoms with Crippen LogP contribution in [0.1, 0.15) is 41.2 Å². The minimum Gasteiger partial charge on any atom is -0.331 e. The summed E-state index contributed by atoms with van der Waals surface area (Å²) in [6.45, 7) is 0.783. The molecule has 0 spiro atoms. The molecule has 23 heavy (non-hydrogen) atoms. The Morgan fingerprint density at radius 3 is 2.96 bits per heavy atom. The second kappa shape index (κ2) is 5.73. The van der Waals surface area contributed by atoms with Crippen LogP contribution in [0.15, 0.2) is 30.6 Å². The van der Waals surface area contributed by atoms with E-state index >= 15 is 0 Å². The van der Waals surface area contributed by atoms with Crippen molar-refractivity contribution in [1.29, 1.82) is 0 Å². The van der Waals surface area contributed by atoms with E-state index in [1.54, 1.807) is 4.68 Å². The summed E-state index contributed by atoms with van der Waals surface area (Å²) >= 11 is 1.17. The fourth-order valence-electron chi connectivity index (χ4n) is 3.21. The number of piperidine rings is 1. The zero-order valence-electron chi connectivity index (χ0n) is 12.8. The van der Waals surface area contributed by atoms with Gasteiger partial charge in [0.05, 0.1) is 24.0 Å². The van der Waals surface area contributed by atoms with Crippen molar-refractivity contribution in [3.8, 4) is 0 Å². The maximum Gasteiger partial charge on any atom is 0.254 e. The Balaban J connectivity index is 1.66. The predicted molar refractivity (Wildman–Crippen MR) is 88.3 cm³/mol. The van der Waals surface area contributed by atoms with E-state index in [1.807, 2.05) is 42.5 Å². The number of carbonyl (C=O) groups is 1. The molecule has 1 fully saturated rings. The number of fused-ring (bicyclic) bond motifs is 1. The van der Waals surface area contributed by atoms with E-state index in [0.29, 0.717) is 5.56 Å². The molecule has 1 aliphatic heterocycles. The molecule has 6 nitrogen and oxygen atoms in total. The third kappa shape index (κ3) is 2.61. The van der Waals surface area contributed by atoms with Gasteiger partial charge in [-0.1, -0.05) is 0 Å². The fraction of sp³-hybridized carbons (Fsp3) is 0.375. The van der Waals surface area contributed by atoms with Gasteiger partial charge in [0.1, 0.15) is 11.0 Å². The van der Waals surface area contributed by atoms with Crippen molar-refractivity contribution in [2.24, 2.45) is 7.05 Å². The Morgan fingerprint density at radius 2 is 2.13 bits per heavy atom. The normalized spacial score (nSPS) is 18.5. The standard InChI is InChI=1S/C16H17N5OS/c1-20-10-12(9-17-20)15-4-2-3-7-21(15)16(22)11-5-6-13-14(8-11)19-23-18-13/h5-6,8-10,15H,2-4,7H2,1H3. The minimum absolute atomic E-state index is 0.0634. The summed E-state index contributed by atoms with van der Waals surface area (Å²) in [5, 5.41) is 4.25. The van der Waals surface area contributed by atoms with Crippen LogP contribution in [0.5, 0.6) is 0 Å². The first-order valence-electron chi connectivity index (χ1n) is 7.74. The van der Waals surface area contributed by atoms with Crippen LogP contribution in [-0.4, -0.2) is 35.9 Å². The highest BCUT2D eigenvalue weighted by molar-refractivity contribution is 7.00. The molecule has 1 atom stereocenters. The van der Waals surface area contributed by atoms with Crippen molar-refractivity contribution in [2.45, 2.75) is 25.3 Å². The number of hydrogen-bond acceptors (Lipinski definition) is 5. The average molecular weight is 327 g/mol. The summed E-state index contributed by atoms with van der Waals surface area (Å²) in [6, 6.07) is 5.67. The first kappa shape index (κ1) is 14.3. The number of carbonyl (C=O) groups excluding carboxylic acids is 1. The lowest BCUT2D eigenvalue weighted by molar-refractivity contribution is 0.0611. The third-order valence-corrected chi connectivity index (χ3v) is 4.93. The number of likely N-dealkylation sites (tertiary alicyclic amines) is 1. The van der Waals surface area contributed by atoms with Gasteiger partial charge in [0.2, 0.25) is 0 Å².